The van der Waals surface area contributed by atoms with E-state index >= 15 is 0 Å². The number of nitrogens with two attached hydrogens (primary N) is 1. The Morgan fingerprint density at radius 3 is 2.67 bits per heavy atom. The summed E-state index contributed by atoms with van der Waals surface area (Å²) in [6, 6.07) is 2.44. The second-order valence-corrected chi connectivity index (χ2v) is 3.92. The van der Waals surface area contributed by atoms with Gasteiger partial charge in [-0.25, -0.2) is 0 Å². The molecule has 0 saturated heterocycles. The van der Waals surface area contributed by atoms with Gasteiger partial charge in [-0.2, -0.15) is 0 Å². The van der Waals surface area contributed by atoms with Crippen molar-refractivity contribution >= 4 is 21.7 Å². The normalized spacial score (nSPS) is 12.3. The summed E-state index contributed by atoms with van der Waals surface area (Å²) in [5, 5.41) is 9.73. The largest absolute Gasteiger partial charge is 0.506 e. The van der Waals surface area contributed by atoms with E-state index in [1.165, 1.54) is 13.2 Å². The Kier molecular flexibility index (Phi) is 3.71. The molecular weight excluding hydrogens is 262 g/mol. The Balaban J connectivity index is 3.23. The van der Waals surface area contributed by atoms with Crippen LogP contribution in [0.2, 0.25) is 0 Å². The number of methoxy groups -OCH3 is 1. The summed E-state index contributed by atoms with van der Waals surface area (Å²) in [5.74, 6) is 0.0150. The molecule has 0 spiro atoms. The Morgan fingerprint density at radius 1 is 1.60 bits per heavy atom. The Labute approximate surface area is 96.2 Å². The molecule has 0 fully saturated rings. The SMILES string of the molecule is COc1ccc(C(=O)C(C)N)c(O)c1Br. The molecule has 1 aromatic carbocycles. The topological polar surface area (TPSA) is 72.5 Å². The quantitative estimate of drug-likeness (QED) is 0.823. The molecule has 15 heavy (non-hydrogen) atoms. The number of halogens is 1. The number of carbonyl (C=O) groups excluding carboxylic acids is 1. The van der Waals surface area contributed by atoms with Gasteiger partial charge in [-0.15, -0.1) is 0 Å². The van der Waals surface area contributed by atoms with Gasteiger partial charge in [-0.1, -0.05) is 0 Å². The number of ether oxygens (including phenoxy) is 1. The zero-order chi connectivity index (χ0) is 11.6. The van der Waals surface area contributed by atoms with Crippen molar-refractivity contribution in [3.63, 3.8) is 0 Å². The Bertz CT molecular complexity index is 390. The lowest BCUT2D eigenvalue weighted by Crippen LogP contribution is -2.26. The van der Waals surface area contributed by atoms with Gasteiger partial charge in [0.05, 0.1) is 18.7 Å². The number of rotatable bonds is 3. The Hall–Kier alpha value is -1.07. The highest BCUT2D eigenvalue weighted by Gasteiger charge is 2.18. The number of ketones is 1. The molecule has 0 saturated carbocycles. The van der Waals surface area contributed by atoms with Crippen LogP contribution in [0.4, 0.5) is 0 Å². The summed E-state index contributed by atoms with van der Waals surface area (Å²) in [6.45, 7) is 1.57. The molecule has 1 rings (SSSR count). The molecule has 0 aliphatic carbocycles. The van der Waals surface area contributed by atoms with Gasteiger partial charge < -0.3 is 15.6 Å². The van der Waals surface area contributed by atoms with Crippen LogP contribution in [0.5, 0.6) is 11.5 Å². The van der Waals surface area contributed by atoms with Crippen LogP contribution in [0.1, 0.15) is 17.3 Å². The first-order valence-electron chi connectivity index (χ1n) is 4.34. The minimum absolute atomic E-state index is 0.142. The number of Topliss-reactive ketones (excluding diaryl/α,β-unsaturated/α-hetero) is 1. The number of phenolic OH excluding ortho intramolecular Hbond substituents is 1. The van der Waals surface area contributed by atoms with E-state index < -0.39 is 6.04 Å². The molecule has 1 aromatic rings. The highest BCUT2D eigenvalue weighted by atomic mass is 79.9. The lowest BCUT2D eigenvalue weighted by molar-refractivity contribution is 0.0965. The van der Waals surface area contributed by atoms with Crippen LogP contribution in [0.25, 0.3) is 0 Å². The number of hydrogen-bond donors (Lipinski definition) is 2. The second kappa shape index (κ2) is 4.63. The molecule has 1 unspecified atom stereocenters. The maximum absolute atomic E-state index is 11.6. The molecule has 0 amide bonds. The van der Waals surface area contributed by atoms with Gasteiger partial charge in [0.25, 0.3) is 0 Å². The van der Waals surface area contributed by atoms with Crippen molar-refractivity contribution in [3.05, 3.63) is 22.2 Å². The third kappa shape index (κ3) is 2.30. The van der Waals surface area contributed by atoms with Gasteiger partial charge in [0, 0.05) is 0 Å². The van der Waals surface area contributed by atoms with E-state index in [4.69, 9.17) is 10.5 Å². The first kappa shape index (κ1) is 12.0. The van der Waals surface area contributed by atoms with Gasteiger partial charge >= 0.3 is 0 Å². The molecule has 5 heteroatoms. The maximum atomic E-state index is 11.6. The maximum Gasteiger partial charge on any atom is 0.182 e. The minimum Gasteiger partial charge on any atom is -0.506 e. The van der Waals surface area contributed by atoms with Crippen molar-refractivity contribution in [3.8, 4) is 11.5 Å². The summed E-state index contributed by atoms with van der Waals surface area (Å²) in [4.78, 5) is 11.6. The van der Waals surface area contributed by atoms with Gasteiger partial charge in [0.2, 0.25) is 0 Å². The molecule has 0 aliphatic heterocycles. The zero-order valence-electron chi connectivity index (χ0n) is 8.45. The van der Waals surface area contributed by atoms with Crippen molar-refractivity contribution < 1.29 is 14.6 Å². The number of phenols is 1. The van der Waals surface area contributed by atoms with Crippen LogP contribution in [0.3, 0.4) is 0 Å². The third-order valence-corrected chi connectivity index (χ3v) is 2.75. The van der Waals surface area contributed by atoms with E-state index in [0.29, 0.717) is 10.2 Å². The van der Waals surface area contributed by atoms with E-state index in [1.54, 1.807) is 13.0 Å². The highest BCUT2D eigenvalue weighted by molar-refractivity contribution is 9.10. The number of hydrogen-bond acceptors (Lipinski definition) is 4. The van der Waals surface area contributed by atoms with Crippen molar-refractivity contribution in [1.82, 2.24) is 0 Å². The predicted octanol–water partition coefficient (Wildman–Crippen LogP) is 1.69. The van der Waals surface area contributed by atoms with Gasteiger partial charge in [-0.3, -0.25) is 4.79 Å². The molecule has 1 atom stereocenters. The lowest BCUT2D eigenvalue weighted by atomic mass is 10.0. The lowest BCUT2D eigenvalue weighted by Gasteiger charge is -2.10. The fraction of sp³-hybridized carbons (Fsp3) is 0.300. The average molecular weight is 274 g/mol. The summed E-state index contributed by atoms with van der Waals surface area (Å²) in [6.07, 6.45) is 0. The molecule has 0 heterocycles. The number of aromatic hydroxyl groups is 1. The van der Waals surface area contributed by atoms with Crippen LogP contribution in [-0.2, 0) is 0 Å². The second-order valence-electron chi connectivity index (χ2n) is 3.13. The van der Waals surface area contributed by atoms with E-state index in [9.17, 15) is 9.90 Å². The summed E-state index contributed by atoms with van der Waals surface area (Å²) in [5.41, 5.74) is 5.64. The van der Waals surface area contributed by atoms with Crippen LogP contribution in [-0.4, -0.2) is 24.0 Å². The van der Waals surface area contributed by atoms with Crippen LogP contribution in [0, 0.1) is 0 Å². The number of benzene rings is 1. The zero-order valence-corrected chi connectivity index (χ0v) is 10.0. The van der Waals surface area contributed by atoms with Crippen molar-refractivity contribution in [2.24, 2.45) is 5.73 Å². The van der Waals surface area contributed by atoms with E-state index in [2.05, 4.69) is 15.9 Å². The monoisotopic (exact) mass is 273 g/mol. The number of carbonyl (C=O) groups is 1. The molecule has 82 valence electrons. The van der Waals surface area contributed by atoms with Gasteiger partial charge in [0.1, 0.15) is 16.0 Å². The highest BCUT2D eigenvalue weighted by Crippen LogP contribution is 2.36. The van der Waals surface area contributed by atoms with Crippen molar-refractivity contribution in [1.29, 1.82) is 0 Å². The standard InChI is InChI=1S/C10H12BrNO3/c1-5(12)9(13)6-3-4-7(15-2)8(11)10(6)14/h3-5,14H,12H2,1-2H3. The van der Waals surface area contributed by atoms with Crippen molar-refractivity contribution in [2.45, 2.75) is 13.0 Å². The van der Waals surface area contributed by atoms with Gasteiger partial charge in [0.15, 0.2) is 5.78 Å². The smallest absolute Gasteiger partial charge is 0.182 e. The minimum atomic E-state index is -0.642. The molecule has 0 bridgehead atoms. The van der Waals surface area contributed by atoms with Crippen LogP contribution in [0.15, 0.2) is 16.6 Å². The van der Waals surface area contributed by atoms with Crippen molar-refractivity contribution in [2.75, 3.05) is 7.11 Å². The fourth-order valence-electron chi connectivity index (χ4n) is 1.15. The van der Waals surface area contributed by atoms with E-state index in [1.807, 2.05) is 0 Å². The molecular formula is C10H12BrNO3. The fourth-order valence-corrected chi connectivity index (χ4v) is 1.66. The third-order valence-electron chi connectivity index (χ3n) is 1.98. The summed E-state index contributed by atoms with van der Waals surface area (Å²) >= 11 is 3.14. The molecule has 4 nitrogen and oxygen atoms in total. The Morgan fingerprint density at radius 2 is 2.20 bits per heavy atom. The molecule has 0 aliphatic rings. The van der Waals surface area contributed by atoms with Crippen LogP contribution >= 0.6 is 15.9 Å². The van der Waals surface area contributed by atoms with E-state index in [-0.39, 0.29) is 17.1 Å². The average Bonchev–Trinajstić information content (AvgIpc) is 2.21. The summed E-state index contributed by atoms with van der Waals surface area (Å²) < 4.78 is 5.33. The molecule has 3 N–H and O–H groups in total. The predicted molar refractivity (Wildman–Crippen MR) is 60.3 cm³/mol. The van der Waals surface area contributed by atoms with Crippen LogP contribution < -0.4 is 10.5 Å². The summed E-state index contributed by atoms with van der Waals surface area (Å²) in [7, 11) is 1.48. The molecule has 0 radical (unpaired) electrons. The first-order valence-corrected chi connectivity index (χ1v) is 5.13. The van der Waals surface area contributed by atoms with Gasteiger partial charge in [-0.05, 0) is 35.0 Å². The first-order chi connectivity index (χ1) is 6.99. The van der Waals surface area contributed by atoms with E-state index in [0.717, 1.165) is 0 Å². The molecule has 0 aromatic heterocycles.